The van der Waals surface area contributed by atoms with Gasteiger partial charge in [0.2, 0.25) is 5.91 Å². The number of halogens is 1. The first-order valence-corrected chi connectivity index (χ1v) is 5.33. The van der Waals surface area contributed by atoms with Gasteiger partial charge in [0.1, 0.15) is 5.82 Å². The van der Waals surface area contributed by atoms with Gasteiger partial charge in [-0.05, 0) is 31.5 Å². The van der Waals surface area contributed by atoms with Gasteiger partial charge in [-0.2, -0.15) is 0 Å². The fraction of sp³-hybridized carbons (Fsp3) is 0.417. The number of nitrogens with zero attached hydrogens (tertiary/aromatic N) is 1. The van der Waals surface area contributed by atoms with Gasteiger partial charge in [0, 0.05) is 13.1 Å². The zero-order valence-electron chi connectivity index (χ0n) is 9.61. The fourth-order valence-corrected chi connectivity index (χ4v) is 1.49. The molecule has 0 aliphatic rings. The second kappa shape index (κ2) is 5.61. The molecule has 1 aromatic rings. The smallest absolute Gasteiger partial charge is 0.239 e. The van der Waals surface area contributed by atoms with Crippen molar-refractivity contribution in [3.63, 3.8) is 0 Å². The predicted octanol–water partition coefficient (Wildman–Crippen LogP) is 1.52. The van der Waals surface area contributed by atoms with E-state index >= 15 is 0 Å². The molecule has 1 atom stereocenters. The molecule has 0 radical (unpaired) electrons. The fourth-order valence-electron chi connectivity index (χ4n) is 1.49. The van der Waals surface area contributed by atoms with E-state index in [1.807, 2.05) is 6.92 Å². The van der Waals surface area contributed by atoms with E-state index in [0.29, 0.717) is 13.1 Å². The van der Waals surface area contributed by atoms with Crippen LogP contribution in [0, 0.1) is 5.82 Å². The Hall–Kier alpha value is -1.42. The molecular weight excluding hydrogens is 207 g/mol. The second-order valence-corrected chi connectivity index (χ2v) is 3.77. The van der Waals surface area contributed by atoms with E-state index in [1.165, 1.54) is 12.1 Å². The average Bonchev–Trinajstić information content (AvgIpc) is 2.25. The van der Waals surface area contributed by atoms with Crippen molar-refractivity contribution in [1.29, 1.82) is 0 Å². The molecule has 0 aliphatic heterocycles. The van der Waals surface area contributed by atoms with Gasteiger partial charge in [-0.15, -0.1) is 0 Å². The molecular formula is C12H17FN2O. The molecule has 0 unspecified atom stereocenters. The molecule has 88 valence electrons. The van der Waals surface area contributed by atoms with Crippen molar-refractivity contribution in [2.75, 3.05) is 6.54 Å². The van der Waals surface area contributed by atoms with Crippen LogP contribution in [-0.2, 0) is 11.3 Å². The van der Waals surface area contributed by atoms with Crippen molar-refractivity contribution in [3.8, 4) is 0 Å². The van der Waals surface area contributed by atoms with E-state index in [1.54, 1.807) is 24.0 Å². The van der Waals surface area contributed by atoms with E-state index < -0.39 is 6.04 Å². The van der Waals surface area contributed by atoms with Gasteiger partial charge in [0.05, 0.1) is 6.04 Å². The van der Waals surface area contributed by atoms with Gasteiger partial charge in [0.15, 0.2) is 0 Å². The summed E-state index contributed by atoms with van der Waals surface area (Å²) in [5, 5.41) is 0. The maximum Gasteiger partial charge on any atom is 0.239 e. The third kappa shape index (κ3) is 3.31. The first-order valence-electron chi connectivity index (χ1n) is 5.33. The number of benzene rings is 1. The minimum Gasteiger partial charge on any atom is -0.337 e. The Morgan fingerprint density at radius 2 is 2.25 bits per heavy atom. The Morgan fingerprint density at radius 1 is 1.56 bits per heavy atom. The molecule has 1 amide bonds. The predicted molar refractivity (Wildman–Crippen MR) is 61.1 cm³/mol. The molecule has 1 aromatic carbocycles. The minimum absolute atomic E-state index is 0.119. The van der Waals surface area contributed by atoms with Crippen LogP contribution in [0.2, 0.25) is 0 Å². The van der Waals surface area contributed by atoms with Crippen molar-refractivity contribution in [2.24, 2.45) is 5.73 Å². The van der Waals surface area contributed by atoms with Gasteiger partial charge in [-0.25, -0.2) is 4.39 Å². The van der Waals surface area contributed by atoms with Crippen molar-refractivity contribution in [3.05, 3.63) is 35.6 Å². The van der Waals surface area contributed by atoms with Crippen LogP contribution in [0.3, 0.4) is 0 Å². The lowest BCUT2D eigenvalue weighted by Gasteiger charge is -2.22. The van der Waals surface area contributed by atoms with Crippen molar-refractivity contribution in [1.82, 2.24) is 4.90 Å². The van der Waals surface area contributed by atoms with Crippen molar-refractivity contribution >= 4 is 5.91 Å². The molecule has 0 bridgehead atoms. The van der Waals surface area contributed by atoms with Crippen LogP contribution in [0.4, 0.5) is 4.39 Å². The molecule has 0 saturated carbocycles. The largest absolute Gasteiger partial charge is 0.337 e. The third-order valence-electron chi connectivity index (χ3n) is 2.35. The van der Waals surface area contributed by atoms with E-state index in [2.05, 4.69) is 0 Å². The summed E-state index contributed by atoms with van der Waals surface area (Å²) in [7, 11) is 0. The molecule has 0 aromatic heterocycles. The highest BCUT2D eigenvalue weighted by atomic mass is 19.1. The molecule has 0 aliphatic carbocycles. The minimum atomic E-state index is -0.520. The molecule has 2 N–H and O–H groups in total. The Balaban J connectivity index is 2.74. The summed E-state index contributed by atoms with van der Waals surface area (Å²) >= 11 is 0. The Bertz CT molecular complexity index is 366. The number of hydrogen-bond donors (Lipinski definition) is 1. The molecule has 4 heteroatoms. The number of likely N-dealkylation sites (N-methyl/N-ethyl adjacent to an activating group) is 1. The number of carbonyl (C=O) groups excluding carboxylic acids is 1. The maximum atomic E-state index is 13.0. The van der Waals surface area contributed by atoms with E-state index in [4.69, 9.17) is 5.73 Å². The lowest BCUT2D eigenvalue weighted by Crippen LogP contribution is -2.41. The van der Waals surface area contributed by atoms with Gasteiger partial charge in [-0.1, -0.05) is 12.1 Å². The zero-order chi connectivity index (χ0) is 12.1. The summed E-state index contributed by atoms with van der Waals surface area (Å²) in [6.07, 6.45) is 0. The normalized spacial score (nSPS) is 12.2. The highest BCUT2D eigenvalue weighted by Gasteiger charge is 2.15. The number of hydrogen-bond acceptors (Lipinski definition) is 2. The lowest BCUT2D eigenvalue weighted by atomic mass is 10.2. The van der Waals surface area contributed by atoms with Gasteiger partial charge >= 0.3 is 0 Å². The molecule has 0 heterocycles. The van der Waals surface area contributed by atoms with Crippen molar-refractivity contribution in [2.45, 2.75) is 26.4 Å². The summed E-state index contributed by atoms with van der Waals surface area (Å²) < 4.78 is 13.0. The standard InChI is InChI=1S/C12H17FN2O/c1-3-15(12(16)9(2)14)8-10-5-4-6-11(13)7-10/h4-7,9H,3,8,14H2,1-2H3/t9-/m0/s1. The molecule has 0 saturated heterocycles. The van der Waals surface area contributed by atoms with E-state index in [-0.39, 0.29) is 11.7 Å². The molecule has 3 nitrogen and oxygen atoms in total. The van der Waals surface area contributed by atoms with Crippen LogP contribution in [0.1, 0.15) is 19.4 Å². The number of carbonyl (C=O) groups is 1. The number of rotatable bonds is 4. The summed E-state index contributed by atoms with van der Waals surface area (Å²) in [5.41, 5.74) is 6.30. The van der Waals surface area contributed by atoms with Crippen LogP contribution >= 0.6 is 0 Å². The molecule has 1 rings (SSSR count). The first-order chi connectivity index (χ1) is 7.54. The van der Waals surface area contributed by atoms with E-state index in [9.17, 15) is 9.18 Å². The van der Waals surface area contributed by atoms with Crippen LogP contribution in [-0.4, -0.2) is 23.4 Å². The Morgan fingerprint density at radius 3 is 2.75 bits per heavy atom. The van der Waals surface area contributed by atoms with Crippen LogP contribution in [0.15, 0.2) is 24.3 Å². The number of amides is 1. The summed E-state index contributed by atoms with van der Waals surface area (Å²) in [5.74, 6) is -0.409. The third-order valence-corrected chi connectivity index (χ3v) is 2.35. The first kappa shape index (κ1) is 12.6. The quantitative estimate of drug-likeness (QED) is 0.842. The molecule has 0 spiro atoms. The average molecular weight is 224 g/mol. The zero-order valence-corrected chi connectivity index (χ0v) is 9.61. The second-order valence-electron chi connectivity index (χ2n) is 3.77. The van der Waals surface area contributed by atoms with E-state index in [0.717, 1.165) is 5.56 Å². The summed E-state index contributed by atoms with van der Waals surface area (Å²) in [6, 6.07) is 5.72. The van der Waals surface area contributed by atoms with Gasteiger partial charge < -0.3 is 10.6 Å². The van der Waals surface area contributed by atoms with Gasteiger partial charge in [-0.3, -0.25) is 4.79 Å². The van der Waals surface area contributed by atoms with Gasteiger partial charge in [0.25, 0.3) is 0 Å². The maximum absolute atomic E-state index is 13.0. The molecule has 16 heavy (non-hydrogen) atoms. The summed E-state index contributed by atoms with van der Waals surface area (Å²) in [4.78, 5) is 13.3. The highest BCUT2D eigenvalue weighted by Crippen LogP contribution is 2.08. The van der Waals surface area contributed by atoms with Crippen LogP contribution < -0.4 is 5.73 Å². The Kier molecular flexibility index (Phi) is 4.43. The summed E-state index contributed by atoms with van der Waals surface area (Å²) in [6.45, 7) is 4.49. The lowest BCUT2D eigenvalue weighted by molar-refractivity contribution is -0.132. The highest BCUT2D eigenvalue weighted by molar-refractivity contribution is 5.81. The molecule has 0 fully saturated rings. The Labute approximate surface area is 95.0 Å². The number of nitrogens with two attached hydrogens (primary N) is 1. The van der Waals surface area contributed by atoms with Crippen molar-refractivity contribution < 1.29 is 9.18 Å². The monoisotopic (exact) mass is 224 g/mol. The topological polar surface area (TPSA) is 46.3 Å². The SMILES string of the molecule is CCN(Cc1cccc(F)c1)C(=O)[C@H](C)N. The van der Waals surface area contributed by atoms with Crippen LogP contribution in [0.25, 0.3) is 0 Å². The van der Waals surface area contributed by atoms with Crippen LogP contribution in [0.5, 0.6) is 0 Å².